The van der Waals surface area contributed by atoms with E-state index >= 15 is 0 Å². The Hall–Kier alpha value is -1.16. The molecule has 1 heterocycles. The Labute approximate surface area is 100.0 Å². The van der Waals surface area contributed by atoms with Crippen LogP contribution in [0.5, 0.6) is 0 Å². The minimum atomic E-state index is -0.537. The predicted octanol–water partition coefficient (Wildman–Crippen LogP) is 3.11. The predicted molar refractivity (Wildman–Crippen MR) is 63.1 cm³/mol. The lowest BCUT2D eigenvalue weighted by atomic mass is 10.0. The molecule has 1 aromatic carbocycles. The lowest BCUT2D eigenvalue weighted by Gasteiger charge is -2.23. The highest BCUT2D eigenvalue weighted by molar-refractivity contribution is 5.48. The van der Waals surface area contributed by atoms with Crippen molar-refractivity contribution in [1.82, 2.24) is 0 Å². The van der Waals surface area contributed by atoms with E-state index in [4.69, 9.17) is 4.74 Å². The molecule has 1 unspecified atom stereocenters. The summed E-state index contributed by atoms with van der Waals surface area (Å²) >= 11 is 0. The Morgan fingerprint density at radius 2 is 2.24 bits per heavy atom. The summed E-state index contributed by atoms with van der Waals surface area (Å²) < 4.78 is 32.5. The summed E-state index contributed by atoms with van der Waals surface area (Å²) in [6.07, 6.45) is 2.06. The van der Waals surface area contributed by atoms with Crippen LogP contribution in [0.15, 0.2) is 12.1 Å². The first kappa shape index (κ1) is 12.3. The molecule has 1 aliphatic rings. The van der Waals surface area contributed by atoms with Gasteiger partial charge in [-0.3, -0.25) is 0 Å². The van der Waals surface area contributed by atoms with Gasteiger partial charge in [-0.25, -0.2) is 8.78 Å². The molecule has 94 valence electrons. The van der Waals surface area contributed by atoms with E-state index in [0.717, 1.165) is 19.4 Å². The second-order valence-electron chi connectivity index (χ2n) is 4.52. The molecule has 1 aliphatic heterocycles. The Kier molecular flexibility index (Phi) is 3.94. The molecule has 1 N–H and O–H groups in total. The molecule has 1 atom stereocenters. The van der Waals surface area contributed by atoms with Crippen LogP contribution in [-0.4, -0.2) is 19.8 Å². The first-order valence-electron chi connectivity index (χ1n) is 5.94. The lowest BCUT2D eigenvalue weighted by Crippen LogP contribution is -2.25. The van der Waals surface area contributed by atoms with Crippen molar-refractivity contribution in [2.75, 3.05) is 25.1 Å². The van der Waals surface area contributed by atoms with Gasteiger partial charge in [0.1, 0.15) is 11.5 Å². The molecule has 0 bridgehead atoms. The largest absolute Gasteiger partial charge is 0.381 e. The SMILES string of the molecule is Cc1ccc(F)c(NCC2CCCOC2)c1F. The van der Waals surface area contributed by atoms with Crippen LogP contribution >= 0.6 is 0 Å². The molecule has 17 heavy (non-hydrogen) atoms. The fraction of sp³-hybridized carbons (Fsp3) is 0.538. The molecule has 1 aromatic rings. The third kappa shape index (κ3) is 2.94. The molecule has 0 spiro atoms. The second-order valence-corrected chi connectivity index (χ2v) is 4.52. The summed E-state index contributed by atoms with van der Waals surface area (Å²) in [5.41, 5.74) is 0.435. The van der Waals surface area contributed by atoms with Crippen LogP contribution < -0.4 is 5.32 Å². The Morgan fingerprint density at radius 3 is 2.94 bits per heavy atom. The number of hydrogen-bond donors (Lipinski definition) is 1. The van der Waals surface area contributed by atoms with Gasteiger partial charge in [0.15, 0.2) is 5.82 Å². The normalized spacial score (nSPS) is 20.3. The van der Waals surface area contributed by atoms with Crippen molar-refractivity contribution < 1.29 is 13.5 Å². The fourth-order valence-corrected chi connectivity index (χ4v) is 2.03. The summed E-state index contributed by atoms with van der Waals surface area (Å²) in [5.74, 6) is -0.699. The van der Waals surface area contributed by atoms with E-state index in [1.807, 2.05) is 0 Å². The van der Waals surface area contributed by atoms with Crippen molar-refractivity contribution >= 4 is 5.69 Å². The Balaban J connectivity index is 2.00. The highest BCUT2D eigenvalue weighted by Gasteiger charge is 2.16. The van der Waals surface area contributed by atoms with Crippen LogP contribution in [-0.2, 0) is 4.74 Å². The van der Waals surface area contributed by atoms with Crippen LogP contribution in [0.25, 0.3) is 0 Å². The number of hydrogen-bond acceptors (Lipinski definition) is 2. The van der Waals surface area contributed by atoms with Crippen LogP contribution in [0.1, 0.15) is 18.4 Å². The Bertz CT molecular complexity index is 389. The highest BCUT2D eigenvalue weighted by atomic mass is 19.1. The van der Waals surface area contributed by atoms with Gasteiger partial charge >= 0.3 is 0 Å². The van der Waals surface area contributed by atoms with Crippen LogP contribution in [0.3, 0.4) is 0 Å². The summed E-state index contributed by atoms with van der Waals surface area (Å²) in [6.45, 7) is 3.65. The average molecular weight is 241 g/mol. The first-order chi connectivity index (χ1) is 8.18. The van der Waals surface area contributed by atoms with E-state index in [2.05, 4.69) is 5.32 Å². The third-order valence-corrected chi connectivity index (χ3v) is 3.11. The monoisotopic (exact) mass is 241 g/mol. The van der Waals surface area contributed by atoms with Crippen molar-refractivity contribution in [1.29, 1.82) is 0 Å². The molecular weight excluding hydrogens is 224 g/mol. The first-order valence-corrected chi connectivity index (χ1v) is 5.94. The van der Waals surface area contributed by atoms with Gasteiger partial charge in [0.25, 0.3) is 0 Å². The average Bonchev–Trinajstić information content (AvgIpc) is 2.35. The van der Waals surface area contributed by atoms with Crippen molar-refractivity contribution in [3.8, 4) is 0 Å². The number of aryl methyl sites for hydroxylation is 1. The van der Waals surface area contributed by atoms with Gasteiger partial charge in [-0.2, -0.15) is 0 Å². The Morgan fingerprint density at radius 1 is 1.41 bits per heavy atom. The molecule has 0 saturated carbocycles. The van der Waals surface area contributed by atoms with Crippen molar-refractivity contribution in [2.24, 2.45) is 5.92 Å². The maximum Gasteiger partial charge on any atom is 0.152 e. The zero-order chi connectivity index (χ0) is 12.3. The summed E-state index contributed by atoms with van der Waals surface area (Å²) in [7, 11) is 0. The number of nitrogens with one attached hydrogen (secondary N) is 1. The van der Waals surface area contributed by atoms with E-state index in [1.54, 1.807) is 6.92 Å². The third-order valence-electron chi connectivity index (χ3n) is 3.11. The van der Waals surface area contributed by atoms with Crippen molar-refractivity contribution in [3.63, 3.8) is 0 Å². The van der Waals surface area contributed by atoms with E-state index in [1.165, 1.54) is 12.1 Å². The number of rotatable bonds is 3. The van der Waals surface area contributed by atoms with Crippen LogP contribution in [0.4, 0.5) is 14.5 Å². The van der Waals surface area contributed by atoms with Gasteiger partial charge in [-0.05, 0) is 37.3 Å². The highest BCUT2D eigenvalue weighted by Crippen LogP contribution is 2.23. The van der Waals surface area contributed by atoms with Gasteiger partial charge in [0, 0.05) is 13.2 Å². The van der Waals surface area contributed by atoms with Gasteiger partial charge in [0.2, 0.25) is 0 Å². The summed E-state index contributed by atoms with van der Waals surface area (Å²) in [4.78, 5) is 0. The number of anilines is 1. The molecule has 1 fully saturated rings. The van der Waals surface area contributed by atoms with E-state index < -0.39 is 11.6 Å². The molecule has 4 heteroatoms. The van der Waals surface area contributed by atoms with Crippen molar-refractivity contribution in [2.45, 2.75) is 19.8 Å². The van der Waals surface area contributed by atoms with Crippen LogP contribution in [0.2, 0.25) is 0 Å². The molecule has 2 nitrogen and oxygen atoms in total. The topological polar surface area (TPSA) is 21.3 Å². The second kappa shape index (κ2) is 5.45. The van der Waals surface area contributed by atoms with Crippen molar-refractivity contribution in [3.05, 3.63) is 29.3 Å². The zero-order valence-corrected chi connectivity index (χ0v) is 9.93. The van der Waals surface area contributed by atoms with E-state index in [0.29, 0.717) is 24.6 Å². The van der Waals surface area contributed by atoms with Gasteiger partial charge in [-0.15, -0.1) is 0 Å². The minimum Gasteiger partial charge on any atom is -0.381 e. The molecular formula is C13H17F2NO. The molecule has 1 saturated heterocycles. The number of ether oxygens (including phenoxy) is 1. The van der Waals surface area contributed by atoms with E-state index in [9.17, 15) is 8.78 Å². The molecule has 0 aliphatic carbocycles. The quantitative estimate of drug-likeness (QED) is 0.878. The fourth-order valence-electron chi connectivity index (χ4n) is 2.03. The van der Waals surface area contributed by atoms with E-state index in [-0.39, 0.29) is 5.69 Å². The molecule has 0 radical (unpaired) electrons. The summed E-state index contributed by atoms with van der Waals surface area (Å²) in [6, 6.07) is 2.73. The van der Waals surface area contributed by atoms with Crippen LogP contribution in [0, 0.1) is 24.5 Å². The maximum absolute atomic E-state index is 13.7. The maximum atomic E-state index is 13.7. The number of benzene rings is 1. The minimum absolute atomic E-state index is 0.0180. The smallest absolute Gasteiger partial charge is 0.152 e. The summed E-state index contributed by atoms with van der Waals surface area (Å²) in [5, 5.41) is 2.86. The molecule has 2 rings (SSSR count). The number of halogens is 2. The molecule has 0 amide bonds. The standard InChI is InChI=1S/C13H17F2NO/c1-9-4-5-11(14)13(12(9)15)16-7-10-3-2-6-17-8-10/h4-5,10,16H,2-3,6-8H2,1H3. The van der Waals surface area contributed by atoms with Gasteiger partial charge < -0.3 is 10.1 Å². The van der Waals surface area contributed by atoms with Gasteiger partial charge in [-0.1, -0.05) is 6.07 Å². The molecule has 0 aromatic heterocycles. The zero-order valence-electron chi connectivity index (χ0n) is 9.93. The van der Waals surface area contributed by atoms with Gasteiger partial charge in [0.05, 0.1) is 6.61 Å². The lowest BCUT2D eigenvalue weighted by molar-refractivity contribution is 0.0594.